The number of alkyl carbamates (subject to hydrolysis) is 1. The second-order valence-corrected chi connectivity index (χ2v) is 9.14. The fraction of sp³-hybridized carbons (Fsp3) is 0.400. The van der Waals surface area contributed by atoms with Gasteiger partial charge in [-0.1, -0.05) is 48.5 Å². The molecule has 2 aromatic carbocycles. The lowest BCUT2D eigenvalue weighted by atomic mass is 9.97. The van der Waals surface area contributed by atoms with Crippen molar-refractivity contribution in [3.8, 4) is 11.1 Å². The third-order valence-electron chi connectivity index (χ3n) is 7.09. The SMILES string of the molecule is O=C(NC1(C(=O)NCC2C(C(=O)O)C2(F)F)CCOC1)OCC1c2ccccc2-c2ccccc21. The number of hydrogen-bond acceptors (Lipinski definition) is 5. The number of ether oxygens (including phenoxy) is 2. The normalized spacial score (nSPS) is 25.9. The van der Waals surface area contributed by atoms with Gasteiger partial charge in [-0.3, -0.25) is 9.59 Å². The number of carbonyl (C=O) groups is 3. The molecule has 2 aromatic rings. The number of fused-ring (bicyclic) bond motifs is 3. The Morgan fingerprint density at radius 3 is 2.23 bits per heavy atom. The molecule has 1 saturated carbocycles. The summed E-state index contributed by atoms with van der Waals surface area (Å²) < 4.78 is 38.1. The monoisotopic (exact) mass is 486 g/mol. The summed E-state index contributed by atoms with van der Waals surface area (Å²) in [6.45, 7) is -0.426. The van der Waals surface area contributed by atoms with Gasteiger partial charge >= 0.3 is 12.1 Å². The summed E-state index contributed by atoms with van der Waals surface area (Å²) in [7, 11) is 0. The van der Waals surface area contributed by atoms with Crippen LogP contribution >= 0.6 is 0 Å². The minimum Gasteiger partial charge on any atom is -0.481 e. The lowest BCUT2D eigenvalue weighted by Gasteiger charge is -2.27. The summed E-state index contributed by atoms with van der Waals surface area (Å²) in [5, 5.41) is 13.8. The highest BCUT2D eigenvalue weighted by atomic mass is 19.3. The van der Waals surface area contributed by atoms with E-state index in [0.29, 0.717) is 0 Å². The molecule has 2 amide bonds. The van der Waals surface area contributed by atoms with Crippen LogP contribution in [0.1, 0.15) is 23.5 Å². The van der Waals surface area contributed by atoms with Crippen LogP contribution in [0.5, 0.6) is 0 Å². The molecule has 8 nitrogen and oxygen atoms in total. The first-order valence-corrected chi connectivity index (χ1v) is 11.3. The Hall–Kier alpha value is -3.53. The number of alkyl halides is 2. The molecule has 3 atom stereocenters. The predicted octanol–water partition coefficient (Wildman–Crippen LogP) is 2.77. The number of rotatable bonds is 7. The fourth-order valence-electron chi connectivity index (χ4n) is 5.08. The molecular formula is C25H24F2N2O6. The van der Waals surface area contributed by atoms with E-state index in [1.54, 1.807) is 0 Å². The van der Waals surface area contributed by atoms with Gasteiger partial charge in [-0.25, -0.2) is 13.6 Å². The molecule has 2 fully saturated rings. The Kier molecular flexibility index (Phi) is 5.71. The first-order chi connectivity index (χ1) is 16.7. The Morgan fingerprint density at radius 2 is 1.69 bits per heavy atom. The van der Waals surface area contributed by atoms with Crippen LogP contribution in [0.15, 0.2) is 48.5 Å². The third kappa shape index (κ3) is 4.01. The number of nitrogens with one attached hydrogen (secondary N) is 2. The summed E-state index contributed by atoms with van der Waals surface area (Å²) in [6.07, 6.45) is -0.695. The fourth-order valence-corrected chi connectivity index (χ4v) is 5.08. The average Bonchev–Trinajstić information content (AvgIpc) is 3.13. The van der Waals surface area contributed by atoms with E-state index in [1.807, 2.05) is 48.5 Å². The van der Waals surface area contributed by atoms with Crippen molar-refractivity contribution < 1.29 is 37.7 Å². The largest absolute Gasteiger partial charge is 0.481 e. The standard InChI is InChI=1S/C25H24F2N2O6/c26-25(27)19(20(25)21(30)31)11-28-22(32)24(9-10-34-13-24)29-23(33)35-12-18-16-7-3-1-5-14(16)15-6-2-4-8-17(15)18/h1-8,18-20H,9-13H2,(H,28,32)(H,29,33)(H,30,31). The van der Waals surface area contributed by atoms with Gasteiger partial charge in [0.15, 0.2) is 0 Å². The molecule has 0 aromatic heterocycles. The maximum Gasteiger partial charge on any atom is 0.408 e. The van der Waals surface area contributed by atoms with Gasteiger partial charge in [-0.15, -0.1) is 0 Å². The van der Waals surface area contributed by atoms with Crippen LogP contribution in [0, 0.1) is 11.8 Å². The highest BCUT2D eigenvalue weighted by molar-refractivity contribution is 5.90. The van der Waals surface area contributed by atoms with Gasteiger partial charge in [0.1, 0.15) is 18.1 Å². The number of hydrogen-bond donors (Lipinski definition) is 3. The van der Waals surface area contributed by atoms with Crippen LogP contribution in [0.3, 0.4) is 0 Å². The van der Waals surface area contributed by atoms with Crippen molar-refractivity contribution in [2.45, 2.75) is 23.8 Å². The zero-order valence-electron chi connectivity index (χ0n) is 18.6. The maximum atomic E-state index is 13.7. The van der Waals surface area contributed by atoms with Gasteiger partial charge in [-0.05, 0) is 22.3 Å². The van der Waals surface area contributed by atoms with Crippen molar-refractivity contribution >= 4 is 18.0 Å². The predicted molar refractivity (Wildman–Crippen MR) is 119 cm³/mol. The molecule has 0 radical (unpaired) electrons. The summed E-state index contributed by atoms with van der Waals surface area (Å²) >= 11 is 0. The second-order valence-electron chi connectivity index (χ2n) is 9.14. The molecule has 3 unspecified atom stereocenters. The number of amides is 2. The molecule has 184 valence electrons. The van der Waals surface area contributed by atoms with Crippen molar-refractivity contribution in [1.82, 2.24) is 10.6 Å². The number of carboxylic acids is 1. The topological polar surface area (TPSA) is 114 Å². The second kappa shape index (κ2) is 8.60. The summed E-state index contributed by atoms with van der Waals surface area (Å²) in [5.74, 6) is -9.17. The summed E-state index contributed by atoms with van der Waals surface area (Å²) in [6, 6.07) is 15.7. The van der Waals surface area contributed by atoms with Crippen LogP contribution < -0.4 is 10.6 Å². The van der Waals surface area contributed by atoms with E-state index < -0.39 is 47.8 Å². The van der Waals surface area contributed by atoms with E-state index in [9.17, 15) is 23.2 Å². The lowest BCUT2D eigenvalue weighted by Crippen LogP contribution is -2.60. The van der Waals surface area contributed by atoms with E-state index in [2.05, 4.69) is 10.6 Å². The summed E-state index contributed by atoms with van der Waals surface area (Å²) in [4.78, 5) is 36.5. The first kappa shape index (κ1) is 23.2. The first-order valence-electron chi connectivity index (χ1n) is 11.3. The summed E-state index contributed by atoms with van der Waals surface area (Å²) in [5.41, 5.74) is 2.75. The van der Waals surface area contributed by atoms with E-state index in [-0.39, 0.29) is 32.2 Å². The molecule has 5 rings (SSSR count). The minimum atomic E-state index is -3.38. The molecule has 1 aliphatic heterocycles. The van der Waals surface area contributed by atoms with E-state index in [4.69, 9.17) is 14.6 Å². The van der Waals surface area contributed by atoms with Crippen LogP contribution in [-0.4, -0.2) is 60.9 Å². The Morgan fingerprint density at radius 1 is 1.06 bits per heavy atom. The molecule has 1 heterocycles. The van der Waals surface area contributed by atoms with E-state index >= 15 is 0 Å². The number of carboxylic acid groups (broad SMARTS) is 1. The number of carbonyl (C=O) groups excluding carboxylic acids is 2. The number of halogens is 2. The van der Waals surface area contributed by atoms with Crippen molar-refractivity contribution in [3.63, 3.8) is 0 Å². The molecule has 0 bridgehead atoms. The Balaban J connectivity index is 1.22. The molecule has 2 aliphatic carbocycles. The quantitative estimate of drug-likeness (QED) is 0.555. The van der Waals surface area contributed by atoms with Crippen molar-refractivity contribution in [3.05, 3.63) is 59.7 Å². The molecule has 3 N–H and O–H groups in total. The van der Waals surface area contributed by atoms with Gasteiger partial charge in [-0.2, -0.15) is 0 Å². The highest BCUT2D eigenvalue weighted by Crippen LogP contribution is 2.55. The third-order valence-corrected chi connectivity index (χ3v) is 7.09. The van der Waals surface area contributed by atoms with Gasteiger partial charge in [0.25, 0.3) is 5.92 Å². The van der Waals surface area contributed by atoms with Gasteiger partial charge in [0, 0.05) is 25.5 Å². The average molecular weight is 486 g/mol. The Bertz CT molecular complexity index is 1130. The lowest BCUT2D eigenvalue weighted by molar-refractivity contribution is -0.141. The van der Waals surface area contributed by atoms with Crippen LogP contribution in [0.25, 0.3) is 11.1 Å². The zero-order valence-corrected chi connectivity index (χ0v) is 18.6. The molecule has 0 spiro atoms. The molecule has 3 aliphatic rings. The van der Waals surface area contributed by atoms with Crippen LogP contribution in [0.2, 0.25) is 0 Å². The van der Waals surface area contributed by atoms with E-state index in [1.165, 1.54) is 0 Å². The van der Waals surface area contributed by atoms with Crippen molar-refractivity contribution in [1.29, 1.82) is 0 Å². The molecular weight excluding hydrogens is 462 g/mol. The van der Waals surface area contributed by atoms with Crippen LogP contribution in [-0.2, 0) is 19.1 Å². The maximum absolute atomic E-state index is 13.7. The van der Waals surface area contributed by atoms with E-state index in [0.717, 1.165) is 22.3 Å². The van der Waals surface area contributed by atoms with Gasteiger partial charge < -0.3 is 25.2 Å². The smallest absolute Gasteiger partial charge is 0.408 e. The number of benzene rings is 2. The van der Waals surface area contributed by atoms with Crippen molar-refractivity contribution in [2.75, 3.05) is 26.4 Å². The van der Waals surface area contributed by atoms with Crippen molar-refractivity contribution in [2.24, 2.45) is 11.8 Å². The molecule has 10 heteroatoms. The molecule has 1 saturated heterocycles. The zero-order chi connectivity index (χ0) is 24.8. The minimum absolute atomic E-state index is 0.0486. The Labute approximate surface area is 199 Å². The highest BCUT2D eigenvalue weighted by Gasteiger charge is 2.72. The van der Waals surface area contributed by atoms with Crippen LogP contribution in [0.4, 0.5) is 13.6 Å². The molecule has 35 heavy (non-hydrogen) atoms. The van der Waals surface area contributed by atoms with Gasteiger partial charge in [0.05, 0.1) is 12.5 Å². The number of aliphatic carboxylic acids is 1. The van der Waals surface area contributed by atoms with Gasteiger partial charge in [0.2, 0.25) is 5.91 Å².